The first-order chi connectivity index (χ1) is 8.76. The van der Waals surface area contributed by atoms with Crippen LogP contribution in [0, 0.1) is 0 Å². The summed E-state index contributed by atoms with van der Waals surface area (Å²) >= 11 is 1.69. The van der Waals surface area contributed by atoms with Crippen LogP contribution in [0.1, 0.15) is 25.5 Å². The molecule has 0 atom stereocenters. The van der Waals surface area contributed by atoms with Gasteiger partial charge in [-0.2, -0.15) is 11.8 Å². The Morgan fingerprint density at radius 1 is 1.50 bits per heavy atom. The number of hydrogen-bond acceptors (Lipinski definition) is 5. The van der Waals surface area contributed by atoms with Crippen LogP contribution in [0.5, 0.6) is 0 Å². The van der Waals surface area contributed by atoms with Crippen LogP contribution in [0.15, 0.2) is 18.2 Å². The van der Waals surface area contributed by atoms with Crippen molar-refractivity contribution in [2.45, 2.75) is 25.5 Å². The molecule has 0 fully saturated rings. The van der Waals surface area contributed by atoms with Crippen molar-refractivity contribution < 1.29 is 9.53 Å². The average Bonchev–Trinajstić information content (AvgIpc) is 2.41. The molecule has 0 saturated carbocycles. The maximum atomic E-state index is 10.9. The normalized spacial score (nSPS) is 10.1. The number of nitrogens with zero attached hydrogens (tertiary/aromatic N) is 1. The molecule has 100 valence electrons. The van der Waals surface area contributed by atoms with Gasteiger partial charge in [-0.1, -0.05) is 13.0 Å². The Bertz CT molecular complexity index is 372. The van der Waals surface area contributed by atoms with Gasteiger partial charge in [0.2, 0.25) is 0 Å². The number of anilines is 1. The van der Waals surface area contributed by atoms with Gasteiger partial charge in [0.05, 0.1) is 19.2 Å². The molecule has 0 radical (unpaired) electrons. The monoisotopic (exact) mass is 268 g/mol. The summed E-state index contributed by atoms with van der Waals surface area (Å²) in [5.41, 5.74) is 1.03. The van der Waals surface area contributed by atoms with E-state index in [1.54, 1.807) is 11.8 Å². The third-order valence-electron chi connectivity index (χ3n) is 2.29. The highest BCUT2D eigenvalue weighted by molar-refractivity contribution is 7.98. The van der Waals surface area contributed by atoms with E-state index in [2.05, 4.69) is 22.0 Å². The fraction of sp³-hybridized carbons (Fsp3) is 0.538. The van der Waals surface area contributed by atoms with Crippen molar-refractivity contribution in [3.8, 4) is 0 Å². The summed E-state index contributed by atoms with van der Waals surface area (Å²) < 4.78 is 4.59. The molecule has 1 rings (SSSR count). The minimum Gasteiger partial charge on any atom is -0.469 e. The van der Waals surface area contributed by atoms with Crippen LogP contribution in [0.4, 0.5) is 5.82 Å². The van der Waals surface area contributed by atoms with Crippen molar-refractivity contribution in [3.05, 3.63) is 23.9 Å². The van der Waals surface area contributed by atoms with Crippen molar-refractivity contribution in [2.24, 2.45) is 0 Å². The molecule has 0 aromatic carbocycles. The Kier molecular flexibility index (Phi) is 7.25. The second-order valence-electron chi connectivity index (χ2n) is 3.82. The number of ether oxygens (including phenoxy) is 1. The molecule has 5 heteroatoms. The largest absolute Gasteiger partial charge is 0.469 e. The Balaban J connectivity index is 2.31. The number of nitrogens with one attached hydrogen (secondary N) is 1. The topological polar surface area (TPSA) is 51.2 Å². The second kappa shape index (κ2) is 8.80. The van der Waals surface area contributed by atoms with E-state index in [-0.39, 0.29) is 5.97 Å². The molecule has 1 aromatic heterocycles. The Morgan fingerprint density at radius 3 is 3.06 bits per heavy atom. The summed E-state index contributed by atoms with van der Waals surface area (Å²) in [6, 6.07) is 5.97. The fourth-order valence-corrected chi connectivity index (χ4v) is 2.17. The molecule has 1 heterocycles. The maximum absolute atomic E-state index is 10.9. The number of carbonyl (C=O) groups is 1. The first-order valence-corrected chi connectivity index (χ1v) is 7.26. The molecule has 18 heavy (non-hydrogen) atoms. The van der Waals surface area contributed by atoms with E-state index < -0.39 is 0 Å². The van der Waals surface area contributed by atoms with Crippen LogP contribution < -0.4 is 5.32 Å². The minimum atomic E-state index is -0.158. The van der Waals surface area contributed by atoms with Crippen LogP contribution in [0.3, 0.4) is 0 Å². The smallest absolute Gasteiger partial charge is 0.306 e. The molecule has 0 unspecified atom stereocenters. The number of thioether (sulfide) groups is 1. The van der Waals surface area contributed by atoms with Gasteiger partial charge in [-0.3, -0.25) is 4.79 Å². The van der Waals surface area contributed by atoms with E-state index in [4.69, 9.17) is 0 Å². The van der Waals surface area contributed by atoms with Gasteiger partial charge in [0.1, 0.15) is 5.82 Å². The Hall–Kier alpha value is -1.23. The summed E-state index contributed by atoms with van der Waals surface area (Å²) in [6.07, 6.45) is 1.54. The summed E-state index contributed by atoms with van der Waals surface area (Å²) in [6.45, 7) is 3.06. The van der Waals surface area contributed by atoms with Gasteiger partial charge in [0.25, 0.3) is 0 Å². The van der Waals surface area contributed by atoms with Crippen molar-refractivity contribution in [3.63, 3.8) is 0 Å². The van der Waals surface area contributed by atoms with Crippen LogP contribution >= 0.6 is 11.8 Å². The molecule has 0 amide bonds. The predicted octanol–water partition coefficient (Wildman–Crippen LogP) is 2.70. The summed E-state index contributed by atoms with van der Waals surface area (Å²) in [7, 11) is 1.41. The first-order valence-electron chi connectivity index (χ1n) is 6.10. The number of hydrogen-bond donors (Lipinski definition) is 1. The molecule has 0 bridgehead atoms. The lowest BCUT2D eigenvalue weighted by molar-refractivity contribution is -0.140. The Labute approximate surface area is 113 Å². The van der Waals surface area contributed by atoms with Crippen LogP contribution in [0.2, 0.25) is 0 Å². The van der Waals surface area contributed by atoms with Gasteiger partial charge in [-0.25, -0.2) is 4.98 Å². The average molecular weight is 268 g/mol. The standard InChI is InChI=1S/C13H20N2O2S/c1-3-8-14-12-6-4-5-11(15-12)10-18-9-7-13(16)17-2/h4-6H,3,7-10H2,1-2H3,(H,14,15). The number of rotatable bonds is 8. The second-order valence-corrected chi connectivity index (χ2v) is 4.92. The van der Waals surface area contributed by atoms with Crippen LogP contribution in [0.25, 0.3) is 0 Å². The molecule has 0 aliphatic heterocycles. The van der Waals surface area contributed by atoms with Gasteiger partial charge in [0.15, 0.2) is 0 Å². The van der Waals surface area contributed by atoms with Gasteiger partial charge in [-0.05, 0) is 18.6 Å². The van der Waals surface area contributed by atoms with Crippen molar-refractivity contribution in [2.75, 3.05) is 24.7 Å². The van der Waals surface area contributed by atoms with E-state index in [9.17, 15) is 4.79 Å². The SMILES string of the molecule is CCCNc1cccc(CSCCC(=O)OC)n1. The maximum Gasteiger partial charge on any atom is 0.306 e. The highest BCUT2D eigenvalue weighted by Gasteiger charge is 2.01. The molecule has 1 aromatic rings. The van der Waals surface area contributed by atoms with E-state index in [0.29, 0.717) is 6.42 Å². The molecule has 4 nitrogen and oxygen atoms in total. The zero-order chi connectivity index (χ0) is 13.2. The van der Waals surface area contributed by atoms with Gasteiger partial charge in [0, 0.05) is 18.1 Å². The molecular weight excluding hydrogens is 248 g/mol. The fourth-order valence-electron chi connectivity index (χ4n) is 1.35. The number of esters is 1. The number of aromatic nitrogens is 1. The quantitative estimate of drug-likeness (QED) is 0.580. The zero-order valence-corrected chi connectivity index (χ0v) is 11.8. The van der Waals surface area contributed by atoms with Gasteiger partial charge >= 0.3 is 5.97 Å². The number of pyridine rings is 1. The number of carbonyl (C=O) groups excluding carboxylic acids is 1. The van der Waals surface area contributed by atoms with Crippen molar-refractivity contribution in [1.82, 2.24) is 4.98 Å². The molecule has 0 aliphatic carbocycles. The van der Waals surface area contributed by atoms with E-state index in [1.165, 1.54) is 7.11 Å². The lowest BCUT2D eigenvalue weighted by atomic mass is 10.3. The number of methoxy groups -OCH3 is 1. The van der Waals surface area contributed by atoms with E-state index in [0.717, 1.165) is 36.0 Å². The van der Waals surface area contributed by atoms with E-state index >= 15 is 0 Å². The third-order valence-corrected chi connectivity index (χ3v) is 3.28. The van der Waals surface area contributed by atoms with E-state index in [1.807, 2.05) is 18.2 Å². The lowest BCUT2D eigenvalue weighted by Crippen LogP contribution is -2.03. The first kappa shape index (κ1) is 14.8. The molecule has 0 saturated heterocycles. The van der Waals surface area contributed by atoms with Gasteiger partial charge < -0.3 is 10.1 Å². The summed E-state index contributed by atoms with van der Waals surface area (Å²) in [5, 5.41) is 3.26. The molecule has 1 N–H and O–H groups in total. The minimum absolute atomic E-state index is 0.158. The molecule has 0 spiro atoms. The third kappa shape index (κ3) is 5.91. The highest BCUT2D eigenvalue weighted by Crippen LogP contribution is 2.13. The van der Waals surface area contributed by atoms with Crippen molar-refractivity contribution >= 4 is 23.5 Å². The zero-order valence-electron chi connectivity index (χ0n) is 10.9. The predicted molar refractivity (Wildman–Crippen MR) is 75.8 cm³/mol. The highest BCUT2D eigenvalue weighted by atomic mass is 32.2. The summed E-state index contributed by atoms with van der Waals surface area (Å²) in [4.78, 5) is 15.4. The Morgan fingerprint density at radius 2 is 2.33 bits per heavy atom. The van der Waals surface area contributed by atoms with Crippen molar-refractivity contribution in [1.29, 1.82) is 0 Å². The molecule has 0 aliphatic rings. The van der Waals surface area contributed by atoms with Crippen LogP contribution in [-0.4, -0.2) is 30.4 Å². The summed E-state index contributed by atoms with van der Waals surface area (Å²) in [5.74, 6) is 2.34. The van der Waals surface area contributed by atoms with Gasteiger partial charge in [-0.15, -0.1) is 0 Å². The van der Waals surface area contributed by atoms with Crippen LogP contribution in [-0.2, 0) is 15.3 Å². The lowest BCUT2D eigenvalue weighted by Gasteiger charge is -2.06. The molecular formula is C13H20N2O2S.